The Kier molecular flexibility index (Phi) is 3.89. The van der Waals surface area contributed by atoms with Crippen LogP contribution < -0.4 is 4.74 Å². The van der Waals surface area contributed by atoms with Gasteiger partial charge in [0, 0.05) is 6.07 Å². The lowest BCUT2D eigenvalue weighted by atomic mass is 10.2. The van der Waals surface area contributed by atoms with Crippen molar-refractivity contribution in [1.82, 2.24) is 0 Å². The third-order valence-corrected chi connectivity index (χ3v) is 1.83. The van der Waals surface area contributed by atoms with Crippen LogP contribution in [-0.2, 0) is 6.18 Å². The van der Waals surface area contributed by atoms with Gasteiger partial charge in [-0.15, -0.1) is 0 Å². The molecule has 0 heterocycles. The summed E-state index contributed by atoms with van der Waals surface area (Å²) in [7, 11) is 0. The molecule has 0 fully saturated rings. The number of alkyl halides is 3. The number of hydrogen-bond acceptors (Lipinski definition) is 4. The molecule has 0 spiro atoms. The first-order valence-corrected chi connectivity index (χ1v) is 4.45. The van der Waals surface area contributed by atoms with Crippen molar-refractivity contribution in [3.63, 3.8) is 0 Å². The molecule has 0 bridgehead atoms. The highest BCUT2D eigenvalue weighted by Crippen LogP contribution is 2.35. The van der Waals surface area contributed by atoms with Gasteiger partial charge in [-0.3, -0.25) is 10.1 Å². The van der Waals surface area contributed by atoms with E-state index in [0.29, 0.717) is 12.1 Å². The van der Waals surface area contributed by atoms with Crippen molar-refractivity contribution >= 4 is 5.69 Å². The van der Waals surface area contributed by atoms with Crippen LogP contribution in [-0.4, -0.2) is 23.2 Å². The van der Waals surface area contributed by atoms with E-state index in [2.05, 4.69) is 0 Å². The van der Waals surface area contributed by atoms with E-state index in [0.717, 1.165) is 6.07 Å². The maximum atomic E-state index is 12.3. The van der Waals surface area contributed by atoms with Gasteiger partial charge in [-0.05, 0) is 12.1 Å². The molecule has 0 radical (unpaired) electrons. The van der Waals surface area contributed by atoms with Gasteiger partial charge in [0.2, 0.25) is 0 Å². The monoisotopic (exact) mass is 251 g/mol. The fourth-order valence-electron chi connectivity index (χ4n) is 1.11. The average molecular weight is 251 g/mol. The zero-order valence-corrected chi connectivity index (χ0v) is 8.40. The molecule has 1 N–H and O–H groups in total. The minimum Gasteiger partial charge on any atom is -0.484 e. The average Bonchev–Trinajstić information content (AvgIpc) is 2.24. The van der Waals surface area contributed by atoms with Gasteiger partial charge in [0.05, 0.1) is 17.1 Å². The fourth-order valence-corrected chi connectivity index (χ4v) is 1.11. The van der Waals surface area contributed by atoms with Crippen molar-refractivity contribution in [1.29, 1.82) is 0 Å². The van der Waals surface area contributed by atoms with Gasteiger partial charge < -0.3 is 9.84 Å². The maximum absolute atomic E-state index is 12.3. The number of nitro groups is 1. The van der Waals surface area contributed by atoms with Crippen LogP contribution in [0.25, 0.3) is 0 Å². The predicted octanol–water partition coefficient (Wildman–Crippen LogP) is 1.98. The standard InChI is InChI=1S/C9H8F3NO4/c10-9(11,12)6-1-2-8(17-4-3-14)7(5-6)13(15)16/h1-2,5,14H,3-4H2. The second-order valence-corrected chi connectivity index (χ2v) is 3.01. The Morgan fingerprint density at radius 1 is 1.41 bits per heavy atom. The molecule has 1 rings (SSSR count). The summed E-state index contributed by atoms with van der Waals surface area (Å²) in [6, 6.07) is 1.93. The van der Waals surface area contributed by atoms with E-state index in [1.54, 1.807) is 0 Å². The highest BCUT2D eigenvalue weighted by molar-refractivity contribution is 5.49. The zero-order valence-electron chi connectivity index (χ0n) is 8.40. The lowest BCUT2D eigenvalue weighted by molar-refractivity contribution is -0.386. The van der Waals surface area contributed by atoms with Gasteiger partial charge in [0.15, 0.2) is 5.75 Å². The van der Waals surface area contributed by atoms with Crippen LogP contribution in [0.15, 0.2) is 18.2 Å². The Bertz CT molecular complexity index is 419. The van der Waals surface area contributed by atoms with Crippen molar-refractivity contribution in [3.05, 3.63) is 33.9 Å². The summed E-state index contributed by atoms with van der Waals surface area (Å²) in [5.41, 5.74) is -1.91. The Hall–Kier alpha value is -1.83. The molecular formula is C9H8F3NO4. The molecule has 0 aromatic heterocycles. The van der Waals surface area contributed by atoms with Crippen LogP contribution in [0.5, 0.6) is 5.75 Å². The first-order chi connectivity index (χ1) is 7.86. The number of rotatable bonds is 4. The van der Waals surface area contributed by atoms with Crippen LogP contribution in [0.3, 0.4) is 0 Å². The van der Waals surface area contributed by atoms with E-state index in [4.69, 9.17) is 9.84 Å². The van der Waals surface area contributed by atoms with Gasteiger partial charge in [0.25, 0.3) is 0 Å². The number of nitro benzene ring substituents is 1. The molecule has 94 valence electrons. The number of aliphatic hydroxyl groups excluding tert-OH is 1. The molecule has 0 unspecified atom stereocenters. The third-order valence-electron chi connectivity index (χ3n) is 1.83. The van der Waals surface area contributed by atoms with E-state index in [9.17, 15) is 23.3 Å². The minimum atomic E-state index is -4.65. The van der Waals surface area contributed by atoms with Gasteiger partial charge >= 0.3 is 11.9 Å². The zero-order chi connectivity index (χ0) is 13.1. The highest BCUT2D eigenvalue weighted by atomic mass is 19.4. The largest absolute Gasteiger partial charge is 0.484 e. The van der Waals surface area contributed by atoms with E-state index in [1.807, 2.05) is 0 Å². The van der Waals surface area contributed by atoms with Crippen molar-refractivity contribution < 1.29 is 27.9 Å². The predicted molar refractivity (Wildman–Crippen MR) is 50.7 cm³/mol. The molecule has 1 aromatic rings. The molecular weight excluding hydrogens is 243 g/mol. The van der Waals surface area contributed by atoms with E-state index < -0.39 is 29.0 Å². The second kappa shape index (κ2) is 5.00. The first-order valence-electron chi connectivity index (χ1n) is 4.45. The van der Waals surface area contributed by atoms with Crippen molar-refractivity contribution in [2.75, 3.05) is 13.2 Å². The van der Waals surface area contributed by atoms with Crippen LogP contribution >= 0.6 is 0 Å². The van der Waals surface area contributed by atoms with E-state index >= 15 is 0 Å². The number of aliphatic hydroxyl groups is 1. The van der Waals surface area contributed by atoms with Crippen LogP contribution in [0, 0.1) is 10.1 Å². The Morgan fingerprint density at radius 2 is 2.06 bits per heavy atom. The highest BCUT2D eigenvalue weighted by Gasteiger charge is 2.33. The molecule has 17 heavy (non-hydrogen) atoms. The number of nitrogens with zero attached hydrogens (tertiary/aromatic N) is 1. The lowest BCUT2D eigenvalue weighted by Crippen LogP contribution is -2.08. The summed E-state index contributed by atoms with van der Waals surface area (Å²) in [4.78, 5) is 9.59. The topological polar surface area (TPSA) is 72.6 Å². The molecule has 0 saturated carbocycles. The summed E-state index contributed by atoms with van der Waals surface area (Å²) >= 11 is 0. The molecule has 0 aliphatic heterocycles. The van der Waals surface area contributed by atoms with Crippen LogP contribution in [0.4, 0.5) is 18.9 Å². The van der Waals surface area contributed by atoms with Gasteiger partial charge in [-0.1, -0.05) is 0 Å². The smallest absolute Gasteiger partial charge is 0.416 e. The van der Waals surface area contributed by atoms with Crippen molar-refractivity contribution in [3.8, 4) is 5.75 Å². The fraction of sp³-hybridized carbons (Fsp3) is 0.333. The summed E-state index contributed by atoms with van der Waals surface area (Å²) in [6.07, 6.45) is -4.65. The summed E-state index contributed by atoms with van der Waals surface area (Å²) in [5.74, 6) is -0.308. The molecule has 0 atom stereocenters. The summed E-state index contributed by atoms with van der Waals surface area (Å²) in [6.45, 7) is -0.621. The van der Waals surface area contributed by atoms with E-state index in [1.165, 1.54) is 0 Å². The molecule has 0 amide bonds. The Morgan fingerprint density at radius 3 is 2.53 bits per heavy atom. The third kappa shape index (κ3) is 3.31. The number of benzene rings is 1. The Balaban J connectivity index is 3.13. The van der Waals surface area contributed by atoms with Crippen LogP contribution in [0.1, 0.15) is 5.56 Å². The number of halogens is 3. The summed E-state index contributed by atoms with van der Waals surface area (Å²) in [5, 5.41) is 19.0. The quantitative estimate of drug-likeness (QED) is 0.656. The number of ether oxygens (including phenoxy) is 1. The van der Waals surface area contributed by atoms with E-state index in [-0.39, 0.29) is 12.4 Å². The molecule has 8 heteroatoms. The minimum absolute atomic E-state index is 0.230. The second-order valence-electron chi connectivity index (χ2n) is 3.01. The number of hydrogen-bond donors (Lipinski definition) is 1. The molecule has 0 aliphatic carbocycles. The molecule has 1 aromatic carbocycles. The van der Waals surface area contributed by atoms with Crippen molar-refractivity contribution in [2.24, 2.45) is 0 Å². The lowest BCUT2D eigenvalue weighted by Gasteiger charge is -2.09. The molecule has 5 nitrogen and oxygen atoms in total. The Labute approximate surface area is 93.6 Å². The normalized spacial score (nSPS) is 11.3. The van der Waals surface area contributed by atoms with Crippen molar-refractivity contribution in [2.45, 2.75) is 6.18 Å². The molecule has 0 saturated heterocycles. The van der Waals surface area contributed by atoms with Gasteiger partial charge in [-0.2, -0.15) is 13.2 Å². The SMILES string of the molecule is O=[N+]([O-])c1cc(C(F)(F)F)ccc1OCCO. The maximum Gasteiger partial charge on any atom is 0.416 e. The van der Waals surface area contributed by atoms with Crippen LogP contribution in [0.2, 0.25) is 0 Å². The first kappa shape index (κ1) is 13.2. The van der Waals surface area contributed by atoms with Gasteiger partial charge in [0.1, 0.15) is 6.61 Å². The summed E-state index contributed by atoms with van der Waals surface area (Å²) < 4.78 is 41.7. The van der Waals surface area contributed by atoms with Gasteiger partial charge in [-0.25, -0.2) is 0 Å². The molecule has 0 aliphatic rings.